The fourth-order valence-corrected chi connectivity index (χ4v) is 4.76. The molecule has 1 N–H and O–H groups in total. The van der Waals surface area contributed by atoms with Crippen LogP contribution < -0.4 is 5.32 Å². The van der Waals surface area contributed by atoms with Crippen LogP contribution in [0.25, 0.3) is 0 Å². The van der Waals surface area contributed by atoms with Crippen LogP contribution in [0.4, 0.5) is 0 Å². The lowest BCUT2D eigenvalue weighted by atomic mass is 10.1. The predicted octanol–water partition coefficient (Wildman–Crippen LogP) is 3.15. The largest absolute Gasteiger partial charge is 0.452 e. The maximum Gasteiger partial charge on any atom is 0.338 e. The number of benzene rings is 2. The Kier molecular flexibility index (Phi) is 8.40. The molecule has 2 aromatic carbocycles. The summed E-state index contributed by atoms with van der Waals surface area (Å²) in [4.78, 5) is 24.1. The number of aryl methyl sites for hydroxylation is 1. The first-order valence-electron chi connectivity index (χ1n) is 9.48. The average Bonchev–Trinajstić information content (AvgIpc) is 2.72. The number of carbonyl (C=O) groups excluding carboxylic acids is 2. The molecular formula is C21H25ClN2O5S. The number of sulfonamides is 1. The van der Waals surface area contributed by atoms with Gasteiger partial charge in [-0.05, 0) is 36.2 Å². The molecule has 30 heavy (non-hydrogen) atoms. The second kappa shape index (κ2) is 10.6. The lowest BCUT2D eigenvalue weighted by Crippen LogP contribution is -2.31. The number of esters is 1. The van der Waals surface area contributed by atoms with Crippen LogP contribution in [-0.2, 0) is 26.1 Å². The van der Waals surface area contributed by atoms with Crippen molar-refractivity contribution in [3.8, 4) is 0 Å². The molecule has 0 radical (unpaired) electrons. The molecule has 0 atom stereocenters. The number of halogens is 1. The summed E-state index contributed by atoms with van der Waals surface area (Å²) in [5.74, 6) is -1.27. The fourth-order valence-electron chi connectivity index (χ4n) is 2.80. The van der Waals surface area contributed by atoms with E-state index in [0.29, 0.717) is 6.54 Å². The van der Waals surface area contributed by atoms with Gasteiger partial charge in [0, 0.05) is 19.6 Å². The third-order valence-electron chi connectivity index (χ3n) is 4.56. The lowest BCUT2D eigenvalue weighted by molar-refractivity contribution is -0.124. The van der Waals surface area contributed by atoms with Gasteiger partial charge in [0.2, 0.25) is 10.0 Å². The Labute approximate surface area is 182 Å². The molecule has 0 aliphatic rings. The molecule has 0 aliphatic carbocycles. The molecule has 2 aromatic rings. The Bertz CT molecular complexity index is 1020. The van der Waals surface area contributed by atoms with Crippen molar-refractivity contribution in [1.82, 2.24) is 9.62 Å². The molecule has 2 rings (SSSR count). The van der Waals surface area contributed by atoms with Gasteiger partial charge in [-0.15, -0.1) is 0 Å². The maximum atomic E-state index is 12.7. The number of ether oxygens (including phenoxy) is 1. The summed E-state index contributed by atoms with van der Waals surface area (Å²) in [6.45, 7) is 5.73. The second-order valence-corrected chi connectivity index (χ2v) is 8.83. The Morgan fingerprint density at radius 2 is 1.77 bits per heavy atom. The van der Waals surface area contributed by atoms with Gasteiger partial charge in [0.05, 0.1) is 10.6 Å². The van der Waals surface area contributed by atoms with Crippen molar-refractivity contribution >= 4 is 33.5 Å². The quantitative estimate of drug-likeness (QED) is 0.590. The van der Waals surface area contributed by atoms with Crippen molar-refractivity contribution in [2.75, 3.05) is 19.7 Å². The van der Waals surface area contributed by atoms with Gasteiger partial charge in [-0.1, -0.05) is 49.7 Å². The highest BCUT2D eigenvalue weighted by Crippen LogP contribution is 2.26. The van der Waals surface area contributed by atoms with E-state index in [2.05, 4.69) is 5.32 Å². The molecule has 0 bridgehead atoms. The van der Waals surface area contributed by atoms with Crippen molar-refractivity contribution in [3.05, 3.63) is 64.2 Å². The normalized spacial score (nSPS) is 11.4. The minimum absolute atomic E-state index is 0.00293. The summed E-state index contributed by atoms with van der Waals surface area (Å²) >= 11 is 6.06. The highest BCUT2D eigenvalue weighted by atomic mass is 35.5. The topological polar surface area (TPSA) is 92.8 Å². The molecule has 0 heterocycles. The van der Waals surface area contributed by atoms with E-state index in [4.69, 9.17) is 16.3 Å². The van der Waals surface area contributed by atoms with E-state index in [1.807, 2.05) is 31.2 Å². The Balaban J connectivity index is 2.03. The molecule has 0 spiro atoms. The third-order valence-corrected chi connectivity index (χ3v) is 7.09. The van der Waals surface area contributed by atoms with E-state index in [1.165, 1.54) is 22.5 Å². The fraction of sp³-hybridized carbons (Fsp3) is 0.333. The van der Waals surface area contributed by atoms with Gasteiger partial charge in [0.25, 0.3) is 5.91 Å². The van der Waals surface area contributed by atoms with Crippen LogP contribution in [0, 0.1) is 6.92 Å². The summed E-state index contributed by atoms with van der Waals surface area (Å²) in [6.07, 6.45) is 0. The van der Waals surface area contributed by atoms with Crippen LogP contribution in [0.2, 0.25) is 5.02 Å². The molecule has 0 aromatic heterocycles. The van der Waals surface area contributed by atoms with E-state index in [9.17, 15) is 18.0 Å². The smallest absolute Gasteiger partial charge is 0.338 e. The molecule has 0 unspecified atom stereocenters. The van der Waals surface area contributed by atoms with Crippen molar-refractivity contribution in [1.29, 1.82) is 0 Å². The van der Waals surface area contributed by atoms with Gasteiger partial charge in [-0.2, -0.15) is 4.31 Å². The number of carbonyl (C=O) groups is 2. The van der Waals surface area contributed by atoms with Crippen molar-refractivity contribution in [2.24, 2.45) is 0 Å². The Morgan fingerprint density at radius 1 is 1.10 bits per heavy atom. The first kappa shape index (κ1) is 23.9. The van der Waals surface area contributed by atoms with Crippen molar-refractivity contribution in [2.45, 2.75) is 32.2 Å². The van der Waals surface area contributed by atoms with Crippen LogP contribution >= 0.6 is 11.6 Å². The minimum Gasteiger partial charge on any atom is -0.452 e. The van der Waals surface area contributed by atoms with Gasteiger partial charge in [0.1, 0.15) is 4.90 Å². The third kappa shape index (κ3) is 5.81. The number of hydrogen-bond acceptors (Lipinski definition) is 5. The van der Waals surface area contributed by atoms with Crippen LogP contribution in [0.3, 0.4) is 0 Å². The van der Waals surface area contributed by atoms with Crippen LogP contribution in [0.15, 0.2) is 47.4 Å². The Morgan fingerprint density at radius 3 is 2.40 bits per heavy atom. The summed E-state index contributed by atoms with van der Waals surface area (Å²) in [7, 11) is -3.85. The number of nitrogens with one attached hydrogen (secondary N) is 1. The maximum absolute atomic E-state index is 12.7. The average molecular weight is 453 g/mol. The molecule has 0 fully saturated rings. The molecule has 1 amide bonds. The molecule has 9 heteroatoms. The first-order valence-corrected chi connectivity index (χ1v) is 11.3. The SMILES string of the molecule is CCN(CC)S(=O)(=O)c1cc(C(=O)OCC(=O)NCc2ccccc2C)ccc1Cl. The van der Waals surface area contributed by atoms with Crippen LogP contribution in [0.1, 0.15) is 35.3 Å². The summed E-state index contributed by atoms with van der Waals surface area (Å²) in [5.41, 5.74) is 2.00. The van der Waals surface area contributed by atoms with E-state index in [0.717, 1.165) is 11.1 Å². The van der Waals surface area contributed by atoms with Crippen LogP contribution in [-0.4, -0.2) is 44.3 Å². The number of hydrogen-bond donors (Lipinski definition) is 1. The monoisotopic (exact) mass is 452 g/mol. The summed E-state index contributed by atoms with van der Waals surface area (Å²) in [6, 6.07) is 11.5. The summed E-state index contributed by atoms with van der Waals surface area (Å²) < 4.78 is 31.7. The second-order valence-electron chi connectivity index (χ2n) is 6.51. The molecule has 0 saturated heterocycles. The molecular weight excluding hydrogens is 428 g/mol. The molecule has 7 nitrogen and oxygen atoms in total. The highest BCUT2D eigenvalue weighted by Gasteiger charge is 2.26. The first-order chi connectivity index (χ1) is 14.2. The van der Waals surface area contributed by atoms with Crippen molar-refractivity contribution < 1.29 is 22.7 Å². The zero-order valence-electron chi connectivity index (χ0n) is 17.1. The predicted molar refractivity (Wildman–Crippen MR) is 115 cm³/mol. The van der Waals surface area contributed by atoms with Gasteiger partial charge in [-0.3, -0.25) is 4.79 Å². The molecule has 162 valence electrons. The van der Waals surface area contributed by atoms with Gasteiger partial charge >= 0.3 is 5.97 Å². The van der Waals surface area contributed by atoms with E-state index < -0.39 is 28.5 Å². The van der Waals surface area contributed by atoms with Gasteiger partial charge in [-0.25, -0.2) is 13.2 Å². The number of amides is 1. The van der Waals surface area contributed by atoms with Gasteiger partial charge < -0.3 is 10.1 Å². The zero-order valence-corrected chi connectivity index (χ0v) is 18.7. The standard InChI is InChI=1S/C21H25ClN2O5S/c1-4-24(5-2)30(27,28)19-12-16(10-11-18(19)22)21(26)29-14-20(25)23-13-17-9-7-6-8-15(17)3/h6-12H,4-5,13-14H2,1-3H3,(H,23,25). The number of rotatable bonds is 9. The summed E-state index contributed by atoms with van der Waals surface area (Å²) in [5, 5.41) is 2.69. The zero-order chi connectivity index (χ0) is 22.3. The highest BCUT2D eigenvalue weighted by molar-refractivity contribution is 7.89. The van der Waals surface area contributed by atoms with Gasteiger partial charge in [0.15, 0.2) is 6.61 Å². The lowest BCUT2D eigenvalue weighted by Gasteiger charge is -2.19. The molecule has 0 saturated carbocycles. The van der Waals surface area contributed by atoms with E-state index in [1.54, 1.807) is 13.8 Å². The Hall–Kier alpha value is -2.42. The van der Waals surface area contributed by atoms with Crippen molar-refractivity contribution in [3.63, 3.8) is 0 Å². The minimum atomic E-state index is -3.85. The van der Waals surface area contributed by atoms with E-state index >= 15 is 0 Å². The van der Waals surface area contributed by atoms with Crippen LogP contribution in [0.5, 0.6) is 0 Å². The molecule has 0 aliphatic heterocycles. The number of nitrogens with zero attached hydrogens (tertiary/aromatic N) is 1. The van der Waals surface area contributed by atoms with E-state index in [-0.39, 0.29) is 28.6 Å².